The third kappa shape index (κ3) is 3.74. The van der Waals surface area contributed by atoms with Crippen LogP contribution < -0.4 is 5.32 Å². The van der Waals surface area contributed by atoms with Gasteiger partial charge in [-0.1, -0.05) is 29.8 Å². The number of anilines is 1. The normalized spacial score (nSPS) is 20.7. The molecule has 2 aliphatic heterocycles. The monoisotopic (exact) mass is 427 g/mol. The summed E-state index contributed by atoms with van der Waals surface area (Å²) < 4.78 is 0. The van der Waals surface area contributed by atoms with Crippen molar-refractivity contribution in [3.05, 3.63) is 71.2 Å². The van der Waals surface area contributed by atoms with Gasteiger partial charge in [0.15, 0.2) is 5.82 Å². The molecule has 0 bridgehead atoms. The van der Waals surface area contributed by atoms with Crippen LogP contribution >= 0.6 is 0 Å². The molecule has 2 atom stereocenters. The second kappa shape index (κ2) is 8.01. The summed E-state index contributed by atoms with van der Waals surface area (Å²) in [5.74, 6) is 1.73. The van der Waals surface area contributed by atoms with Crippen LogP contribution in [0.3, 0.4) is 0 Å². The van der Waals surface area contributed by atoms with Crippen LogP contribution in [0.2, 0.25) is 0 Å². The Balaban J connectivity index is 1.33. The summed E-state index contributed by atoms with van der Waals surface area (Å²) in [5, 5.41) is 3.72. The lowest BCUT2D eigenvalue weighted by molar-refractivity contribution is -0.131. The van der Waals surface area contributed by atoms with Crippen molar-refractivity contribution in [3.8, 4) is 11.4 Å². The number of fused-ring (bicyclic) bond motifs is 1. The van der Waals surface area contributed by atoms with E-state index in [1.54, 1.807) is 12.4 Å². The SMILES string of the molecule is Cc1ccc([C@@H](C)C(=O)N2CC[C@@]3(CCc4cc(-c5ncccn5)c(C)nc4N3)C2)cc1. The number of amides is 1. The molecule has 0 aliphatic carbocycles. The van der Waals surface area contributed by atoms with Crippen LogP contribution in [-0.4, -0.2) is 44.4 Å². The molecule has 2 aliphatic rings. The van der Waals surface area contributed by atoms with E-state index >= 15 is 0 Å². The topological polar surface area (TPSA) is 71.0 Å². The highest BCUT2D eigenvalue weighted by Gasteiger charge is 2.43. The Bertz CT molecular complexity index is 1140. The maximum Gasteiger partial charge on any atom is 0.229 e. The maximum absolute atomic E-state index is 13.2. The minimum atomic E-state index is -0.129. The predicted molar refractivity (Wildman–Crippen MR) is 125 cm³/mol. The van der Waals surface area contributed by atoms with E-state index in [9.17, 15) is 4.79 Å². The number of aromatic nitrogens is 3. The van der Waals surface area contributed by atoms with Crippen LogP contribution in [0, 0.1) is 13.8 Å². The highest BCUT2D eigenvalue weighted by molar-refractivity contribution is 5.84. The highest BCUT2D eigenvalue weighted by Crippen LogP contribution is 2.38. The van der Waals surface area contributed by atoms with Crippen molar-refractivity contribution >= 4 is 11.7 Å². The molecule has 2 aromatic heterocycles. The molecule has 6 heteroatoms. The quantitative estimate of drug-likeness (QED) is 0.675. The van der Waals surface area contributed by atoms with Crippen LogP contribution in [0.15, 0.2) is 48.8 Å². The molecule has 164 valence electrons. The molecule has 0 saturated carbocycles. The van der Waals surface area contributed by atoms with Crippen molar-refractivity contribution in [1.82, 2.24) is 19.9 Å². The number of benzene rings is 1. The Labute approximate surface area is 189 Å². The van der Waals surface area contributed by atoms with Crippen molar-refractivity contribution in [2.45, 2.75) is 51.5 Å². The highest BCUT2D eigenvalue weighted by atomic mass is 16.2. The van der Waals surface area contributed by atoms with E-state index in [0.29, 0.717) is 5.82 Å². The van der Waals surface area contributed by atoms with Gasteiger partial charge in [0.05, 0.1) is 17.2 Å². The number of nitrogens with zero attached hydrogens (tertiary/aromatic N) is 4. The fourth-order valence-electron chi connectivity index (χ4n) is 4.94. The van der Waals surface area contributed by atoms with Gasteiger partial charge in [-0.15, -0.1) is 0 Å². The molecule has 4 heterocycles. The minimum Gasteiger partial charge on any atom is -0.363 e. The molecular formula is C26H29N5O. The summed E-state index contributed by atoms with van der Waals surface area (Å²) in [6.07, 6.45) is 6.39. The van der Waals surface area contributed by atoms with Gasteiger partial charge in [-0.3, -0.25) is 4.79 Å². The first kappa shape index (κ1) is 20.6. The third-order valence-corrected chi connectivity index (χ3v) is 6.97. The number of hydrogen-bond acceptors (Lipinski definition) is 5. The summed E-state index contributed by atoms with van der Waals surface area (Å²) in [4.78, 5) is 28.9. The molecule has 5 rings (SSSR count). The lowest BCUT2D eigenvalue weighted by Gasteiger charge is -2.36. The average Bonchev–Trinajstić information content (AvgIpc) is 3.22. The van der Waals surface area contributed by atoms with Crippen LogP contribution in [0.25, 0.3) is 11.4 Å². The Hall–Kier alpha value is -3.28. The summed E-state index contributed by atoms with van der Waals surface area (Å²) in [5.41, 5.74) is 5.29. The summed E-state index contributed by atoms with van der Waals surface area (Å²) in [6.45, 7) is 7.60. The zero-order chi connectivity index (χ0) is 22.3. The van der Waals surface area contributed by atoms with Crippen molar-refractivity contribution in [2.24, 2.45) is 0 Å². The maximum atomic E-state index is 13.2. The van der Waals surface area contributed by atoms with Crippen molar-refractivity contribution in [2.75, 3.05) is 18.4 Å². The number of aryl methyl sites for hydroxylation is 3. The Morgan fingerprint density at radius 3 is 2.62 bits per heavy atom. The molecule has 3 aromatic rings. The third-order valence-electron chi connectivity index (χ3n) is 6.97. The van der Waals surface area contributed by atoms with Crippen molar-refractivity contribution in [3.63, 3.8) is 0 Å². The van der Waals surface area contributed by atoms with Gasteiger partial charge in [0.25, 0.3) is 0 Å². The zero-order valence-electron chi connectivity index (χ0n) is 18.9. The Morgan fingerprint density at radius 2 is 1.88 bits per heavy atom. The smallest absolute Gasteiger partial charge is 0.229 e. The first-order valence-electron chi connectivity index (χ1n) is 11.4. The van der Waals surface area contributed by atoms with E-state index in [1.807, 2.05) is 24.8 Å². The van der Waals surface area contributed by atoms with Gasteiger partial charge in [-0.05, 0) is 63.3 Å². The van der Waals surface area contributed by atoms with E-state index in [0.717, 1.165) is 55.0 Å². The van der Waals surface area contributed by atoms with Gasteiger partial charge in [0.1, 0.15) is 5.82 Å². The van der Waals surface area contributed by atoms with Crippen LogP contribution in [0.4, 0.5) is 5.82 Å². The number of carbonyl (C=O) groups excluding carboxylic acids is 1. The van der Waals surface area contributed by atoms with Gasteiger partial charge >= 0.3 is 0 Å². The molecule has 6 nitrogen and oxygen atoms in total. The standard InChI is InChI=1S/C26H29N5O/c1-17-5-7-20(8-6-17)18(2)25(32)31-14-11-26(16-31)10-9-21-15-22(19(3)29-23(21)30-26)24-27-12-4-13-28-24/h4-8,12-13,15,18H,9-11,14,16H2,1-3H3,(H,29,30)/t18-,26+/m1/s1. The van der Waals surface area contributed by atoms with Gasteiger partial charge in [-0.2, -0.15) is 0 Å². The zero-order valence-corrected chi connectivity index (χ0v) is 18.9. The Morgan fingerprint density at radius 1 is 1.12 bits per heavy atom. The number of carbonyl (C=O) groups is 1. The number of rotatable bonds is 3. The molecule has 0 radical (unpaired) electrons. The summed E-state index contributed by atoms with van der Waals surface area (Å²) >= 11 is 0. The van der Waals surface area contributed by atoms with E-state index in [2.05, 4.69) is 52.5 Å². The van der Waals surface area contributed by atoms with E-state index in [1.165, 1.54) is 11.1 Å². The molecule has 1 amide bonds. The van der Waals surface area contributed by atoms with E-state index in [4.69, 9.17) is 4.98 Å². The van der Waals surface area contributed by atoms with Gasteiger partial charge in [0.2, 0.25) is 5.91 Å². The molecule has 1 fully saturated rings. The average molecular weight is 428 g/mol. The number of pyridine rings is 1. The molecule has 0 unspecified atom stereocenters. The predicted octanol–water partition coefficient (Wildman–Crippen LogP) is 4.29. The minimum absolute atomic E-state index is 0.0974. The van der Waals surface area contributed by atoms with Gasteiger partial charge in [0, 0.05) is 31.0 Å². The van der Waals surface area contributed by atoms with E-state index < -0.39 is 0 Å². The summed E-state index contributed by atoms with van der Waals surface area (Å²) in [6, 6.07) is 12.3. The fraction of sp³-hybridized carbons (Fsp3) is 0.385. The Kier molecular flexibility index (Phi) is 5.16. The van der Waals surface area contributed by atoms with E-state index in [-0.39, 0.29) is 17.4 Å². The molecule has 1 spiro atoms. The molecule has 1 N–H and O–H groups in total. The van der Waals surface area contributed by atoms with Crippen molar-refractivity contribution < 1.29 is 4.79 Å². The summed E-state index contributed by atoms with van der Waals surface area (Å²) in [7, 11) is 0. The molecule has 1 aromatic carbocycles. The van der Waals surface area contributed by atoms with Gasteiger partial charge in [-0.25, -0.2) is 15.0 Å². The largest absolute Gasteiger partial charge is 0.363 e. The molecular weight excluding hydrogens is 398 g/mol. The number of nitrogens with one attached hydrogen (secondary N) is 1. The molecule has 1 saturated heterocycles. The molecule has 32 heavy (non-hydrogen) atoms. The van der Waals surface area contributed by atoms with Crippen molar-refractivity contribution in [1.29, 1.82) is 0 Å². The number of likely N-dealkylation sites (tertiary alicyclic amines) is 1. The lowest BCUT2D eigenvalue weighted by atomic mass is 9.86. The first-order valence-corrected chi connectivity index (χ1v) is 11.4. The van der Waals surface area contributed by atoms with Crippen LogP contribution in [-0.2, 0) is 11.2 Å². The second-order valence-electron chi connectivity index (χ2n) is 9.25. The van der Waals surface area contributed by atoms with Crippen LogP contribution in [0.5, 0.6) is 0 Å². The van der Waals surface area contributed by atoms with Gasteiger partial charge < -0.3 is 10.2 Å². The second-order valence-corrected chi connectivity index (χ2v) is 9.25. The first-order chi connectivity index (χ1) is 15.4. The lowest BCUT2D eigenvalue weighted by Crippen LogP contribution is -2.46. The fourth-order valence-corrected chi connectivity index (χ4v) is 4.94. The van der Waals surface area contributed by atoms with Crippen LogP contribution in [0.1, 0.15) is 48.1 Å². The number of hydrogen-bond donors (Lipinski definition) is 1.